The van der Waals surface area contributed by atoms with E-state index < -0.39 is 8.07 Å². The molecule has 0 aliphatic heterocycles. The largest absolute Gasteiger partial charge is 0.307 e. The molecule has 1 rings (SSSR count). The molecule has 1 unspecified atom stereocenters. The molecule has 0 heterocycles. The number of nitrogens with one attached hydrogen (secondary N) is 1. The first-order valence-electron chi connectivity index (χ1n) is 9.33. The van der Waals surface area contributed by atoms with E-state index in [0.29, 0.717) is 11.2 Å². The third kappa shape index (κ3) is 3.73. The third-order valence-corrected chi connectivity index (χ3v) is 14.2. The summed E-state index contributed by atoms with van der Waals surface area (Å²) in [7, 11) is -0.00831. The first-order valence-corrected chi connectivity index (χ1v) is 13.0. The van der Waals surface area contributed by atoms with E-state index in [0.717, 1.165) is 0 Å². The Labute approximate surface area is 137 Å². The average molecular weight is 326 g/mol. The Morgan fingerprint density at radius 1 is 1.05 bits per heavy atom. The third-order valence-electron chi connectivity index (χ3n) is 6.67. The highest BCUT2D eigenvalue weighted by molar-refractivity contribution is 6.82. The summed E-state index contributed by atoms with van der Waals surface area (Å²) in [6, 6.07) is 4.97. The van der Waals surface area contributed by atoms with E-state index in [1.54, 1.807) is 10.8 Å². The molecule has 0 spiro atoms. The van der Waals surface area contributed by atoms with Crippen LogP contribution < -0.4 is 5.32 Å². The first-order chi connectivity index (χ1) is 9.91. The van der Waals surface area contributed by atoms with Crippen molar-refractivity contribution < 1.29 is 0 Å². The van der Waals surface area contributed by atoms with Gasteiger partial charge in [0.2, 0.25) is 0 Å². The molecule has 21 heavy (non-hydrogen) atoms. The highest BCUT2D eigenvalue weighted by Crippen LogP contribution is 2.44. The van der Waals surface area contributed by atoms with E-state index in [2.05, 4.69) is 46.9 Å². The summed E-state index contributed by atoms with van der Waals surface area (Å²) in [5.74, 6) is 0. The van der Waals surface area contributed by atoms with E-state index in [-0.39, 0.29) is 0 Å². The summed E-state index contributed by atoms with van der Waals surface area (Å²) in [5.41, 5.74) is 1.64. The van der Waals surface area contributed by atoms with Crippen molar-refractivity contribution in [3.8, 4) is 0 Å². The zero-order chi connectivity index (χ0) is 16.1. The van der Waals surface area contributed by atoms with E-state index in [9.17, 15) is 0 Å². The molecule has 0 aromatic carbocycles. The number of rotatable bonds is 8. The summed E-state index contributed by atoms with van der Waals surface area (Å²) in [6.07, 6.45) is 7.02. The van der Waals surface area contributed by atoms with E-state index in [1.165, 1.54) is 60.5 Å². The van der Waals surface area contributed by atoms with Gasteiger partial charge in [-0.3, -0.25) is 0 Å². The van der Waals surface area contributed by atoms with Gasteiger partial charge in [0.25, 0.3) is 0 Å². The number of allylic oxidation sites excluding steroid dienone is 1. The van der Waals surface area contributed by atoms with Crippen LogP contribution in [0.2, 0.25) is 18.1 Å². The maximum Gasteiger partial charge on any atom is 0.0757 e. The maximum absolute atomic E-state index is 4.28. The van der Waals surface area contributed by atoms with E-state index in [4.69, 9.17) is 0 Å². The lowest BCUT2D eigenvalue weighted by Gasteiger charge is -2.49. The van der Waals surface area contributed by atoms with Gasteiger partial charge < -0.3 is 5.32 Å². The molecule has 0 radical (unpaired) electrons. The first kappa shape index (κ1) is 19.2. The monoisotopic (exact) mass is 325 g/mol. The van der Waals surface area contributed by atoms with Gasteiger partial charge in [0.05, 0.1) is 8.07 Å². The van der Waals surface area contributed by atoms with Crippen LogP contribution in [-0.2, 0) is 0 Å². The predicted molar refractivity (Wildman–Crippen MR) is 104 cm³/mol. The topological polar surface area (TPSA) is 12.0 Å². The maximum atomic E-state index is 4.28. The summed E-state index contributed by atoms with van der Waals surface area (Å²) < 4.78 is 0. The molecule has 1 aliphatic carbocycles. The van der Waals surface area contributed by atoms with Gasteiger partial charge in [-0.2, -0.15) is 0 Å². The molecule has 0 amide bonds. The van der Waals surface area contributed by atoms with Gasteiger partial charge in [-0.05, 0) is 33.1 Å². The molecule has 0 aromatic rings. The molecule has 1 fully saturated rings. The SMILES string of the molecule is CCC(NC1([Si](CC)(CC)CC)CCCC1)C(C)=C(C)[SiH3]. The van der Waals surface area contributed by atoms with Crippen molar-refractivity contribution in [2.75, 3.05) is 0 Å². The molecule has 3 heteroatoms. The van der Waals surface area contributed by atoms with Crippen LogP contribution in [-0.4, -0.2) is 29.5 Å². The van der Waals surface area contributed by atoms with E-state index >= 15 is 0 Å². The molecule has 1 saturated carbocycles. The van der Waals surface area contributed by atoms with Crippen LogP contribution >= 0.6 is 0 Å². The normalized spacial score (nSPS) is 21.4. The standard InChI is InChI=1S/C18H39NSi2/c1-7-17(15(5)16(6)20)19-18(13-11-12-14-18)21(8-2,9-3)10-4/h17,19H,7-14H2,1-6,20H3. The highest BCUT2D eigenvalue weighted by atomic mass is 28.3. The fourth-order valence-corrected chi connectivity index (χ4v) is 10.5. The second-order valence-corrected chi connectivity index (χ2v) is 14.6. The highest BCUT2D eigenvalue weighted by Gasteiger charge is 2.51. The van der Waals surface area contributed by atoms with Gasteiger partial charge in [0, 0.05) is 21.4 Å². The lowest BCUT2D eigenvalue weighted by molar-refractivity contribution is 0.386. The molecular formula is C18H39NSi2. The molecule has 0 bridgehead atoms. The van der Waals surface area contributed by atoms with Gasteiger partial charge in [-0.15, -0.1) is 0 Å². The summed E-state index contributed by atoms with van der Waals surface area (Å²) >= 11 is 0. The Morgan fingerprint density at radius 2 is 1.52 bits per heavy atom. The van der Waals surface area contributed by atoms with Gasteiger partial charge in [-0.1, -0.05) is 69.4 Å². The van der Waals surface area contributed by atoms with Crippen LogP contribution in [0.15, 0.2) is 10.8 Å². The Hall–Kier alpha value is 0.134. The molecule has 1 nitrogen and oxygen atoms in total. The smallest absolute Gasteiger partial charge is 0.0757 e. The van der Waals surface area contributed by atoms with Crippen molar-refractivity contribution in [3.05, 3.63) is 10.8 Å². The minimum absolute atomic E-state index is 0.518. The lowest BCUT2D eigenvalue weighted by atomic mass is 10.0. The van der Waals surface area contributed by atoms with Gasteiger partial charge in [0.1, 0.15) is 0 Å². The van der Waals surface area contributed by atoms with Crippen molar-refractivity contribution in [1.82, 2.24) is 5.32 Å². The molecule has 124 valence electrons. The van der Waals surface area contributed by atoms with Crippen LogP contribution in [0.1, 0.15) is 73.6 Å². The number of hydrogen-bond donors (Lipinski definition) is 1. The Kier molecular flexibility index (Phi) is 7.41. The number of hydrogen-bond acceptors (Lipinski definition) is 1. The second kappa shape index (κ2) is 8.12. The van der Waals surface area contributed by atoms with Crippen molar-refractivity contribution in [2.45, 2.75) is 103 Å². The van der Waals surface area contributed by atoms with Crippen LogP contribution in [0.25, 0.3) is 0 Å². The van der Waals surface area contributed by atoms with Crippen LogP contribution in [0.3, 0.4) is 0 Å². The molecule has 1 N–H and O–H groups in total. The molecule has 0 aromatic heterocycles. The predicted octanol–water partition coefficient (Wildman–Crippen LogP) is 4.37. The van der Waals surface area contributed by atoms with Crippen molar-refractivity contribution in [3.63, 3.8) is 0 Å². The molecule has 0 saturated heterocycles. The van der Waals surface area contributed by atoms with Crippen LogP contribution in [0, 0.1) is 0 Å². The van der Waals surface area contributed by atoms with Crippen molar-refractivity contribution >= 4 is 18.3 Å². The molecule has 1 aliphatic rings. The Morgan fingerprint density at radius 3 is 1.86 bits per heavy atom. The van der Waals surface area contributed by atoms with Crippen LogP contribution in [0.5, 0.6) is 0 Å². The average Bonchev–Trinajstić information content (AvgIpc) is 2.96. The zero-order valence-electron chi connectivity index (χ0n) is 15.7. The van der Waals surface area contributed by atoms with Gasteiger partial charge in [0.15, 0.2) is 0 Å². The van der Waals surface area contributed by atoms with Gasteiger partial charge >= 0.3 is 0 Å². The second-order valence-electron chi connectivity index (χ2n) is 7.42. The van der Waals surface area contributed by atoms with Crippen molar-refractivity contribution in [1.29, 1.82) is 0 Å². The fraction of sp³-hybridized carbons (Fsp3) is 0.889. The minimum Gasteiger partial charge on any atom is -0.307 e. The van der Waals surface area contributed by atoms with Crippen molar-refractivity contribution in [2.24, 2.45) is 0 Å². The van der Waals surface area contributed by atoms with Gasteiger partial charge in [-0.25, -0.2) is 0 Å². The molecule has 1 atom stereocenters. The minimum atomic E-state index is -1.22. The molecular weight excluding hydrogens is 286 g/mol. The fourth-order valence-electron chi connectivity index (χ4n) is 4.77. The van der Waals surface area contributed by atoms with E-state index in [1.807, 2.05) is 0 Å². The lowest BCUT2D eigenvalue weighted by Crippen LogP contribution is -2.66. The quantitative estimate of drug-likeness (QED) is 0.653. The zero-order valence-corrected chi connectivity index (χ0v) is 18.7. The summed E-state index contributed by atoms with van der Waals surface area (Å²) in [4.78, 5) is 0. The Balaban J connectivity index is 3.14. The Bertz CT molecular complexity index is 340. The van der Waals surface area contributed by atoms with Crippen LogP contribution in [0.4, 0.5) is 0 Å². The summed E-state index contributed by atoms with van der Waals surface area (Å²) in [5, 5.41) is 6.44. The summed E-state index contributed by atoms with van der Waals surface area (Å²) in [6.45, 7) is 14.5.